The monoisotopic (exact) mass is 405 g/mol. The second-order valence-electron chi connectivity index (χ2n) is 8.21. The van der Waals surface area contributed by atoms with E-state index < -0.39 is 5.82 Å². The first-order chi connectivity index (χ1) is 14.5. The van der Waals surface area contributed by atoms with Crippen LogP contribution in [0.15, 0.2) is 47.3 Å². The van der Waals surface area contributed by atoms with Gasteiger partial charge in [-0.05, 0) is 35.6 Å². The van der Waals surface area contributed by atoms with Crippen LogP contribution in [0.3, 0.4) is 0 Å². The van der Waals surface area contributed by atoms with Crippen molar-refractivity contribution in [2.75, 3.05) is 13.1 Å². The number of aromatic nitrogens is 2. The third-order valence-electron chi connectivity index (χ3n) is 6.25. The molecule has 2 fully saturated rings. The van der Waals surface area contributed by atoms with Crippen LogP contribution in [0.1, 0.15) is 34.5 Å². The highest BCUT2D eigenvalue weighted by atomic mass is 19.1. The van der Waals surface area contributed by atoms with E-state index in [4.69, 9.17) is 0 Å². The van der Waals surface area contributed by atoms with E-state index >= 15 is 0 Å². The number of hydrogen-bond acceptors (Lipinski definition) is 4. The summed E-state index contributed by atoms with van der Waals surface area (Å²) in [5.41, 5.74) is 1.17. The van der Waals surface area contributed by atoms with Crippen molar-refractivity contribution in [3.05, 3.63) is 75.5 Å². The highest BCUT2D eigenvalue weighted by Gasteiger charge is 2.42. The molecule has 0 unspecified atom stereocenters. The lowest BCUT2D eigenvalue weighted by Crippen LogP contribution is -2.30. The molecule has 1 saturated carbocycles. The number of nitrogens with zero attached hydrogens (tertiary/aromatic N) is 2. The van der Waals surface area contributed by atoms with Crippen molar-refractivity contribution < 1.29 is 14.0 Å². The molecule has 2 aromatic carbocycles. The third kappa shape index (κ3) is 3.20. The molecule has 1 amide bonds. The molecule has 2 aliphatic rings. The Hall–Kier alpha value is -3.35. The Kier molecular flexibility index (Phi) is 4.46. The molecular formula is C23H20FN3O3. The number of rotatable bonds is 3. The van der Waals surface area contributed by atoms with Crippen LogP contribution >= 0.6 is 0 Å². The summed E-state index contributed by atoms with van der Waals surface area (Å²) in [7, 11) is 0. The summed E-state index contributed by atoms with van der Waals surface area (Å²) >= 11 is 0. The van der Waals surface area contributed by atoms with Gasteiger partial charge in [-0.25, -0.2) is 9.49 Å². The molecule has 7 heteroatoms. The number of carbonyl (C=O) groups excluding carboxylic acids is 2. The molecule has 0 bridgehead atoms. The zero-order chi connectivity index (χ0) is 20.8. The van der Waals surface area contributed by atoms with Crippen molar-refractivity contribution in [3.8, 4) is 0 Å². The minimum atomic E-state index is -0.559. The molecule has 1 aliphatic carbocycles. The molecule has 1 N–H and O–H groups in total. The Balaban J connectivity index is 1.42. The molecule has 1 aromatic heterocycles. The molecule has 5 rings (SSSR count). The van der Waals surface area contributed by atoms with Gasteiger partial charge in [0.05, 0.1) is 16.6 Å². The van der Waals surface area contributed by atoms with E-state index in [2.05, 4.69) is 10.2 Å². The molecule has 6 nitrogen and oxygen atoms in total. The molecule has 3 aromatic rings. The number of carbonyl (C=O) groups is 2. The molecular weight excluding hydrogens is 385 g/mol. The fourth-order valence-electron chi connectivity index (χ4n) is 4.75. The normalized spacial score (nSPS) is 20.7. The minimum absolute atomic E-state index is 0.0348. The van der Waals surface area contributed by atoms with Gasteiger partial charge in [-0.15, -0.1) is 0 Å². The number of aromatic amines is 1. The van der Waals surface area contributed by atoms with Crippen molar-refractivity contribution in [1.82, 2.24) is 15.1 Å². The Morgan fingerprint density at radius 1 is 1.07 bits per heavy atom. The molecule has 0 radical (unpaired) electrons. The lowest BCUT2D eigenvalue weighted by atomic mass is 10.0. The number of benzene rings is 2. The van der Waals surface area contributed by atoms with Gasteiger partial charge in [0.2, 0.25) is 0 Å². The van der Waals surface area contributed by atoms with Crippen molar-refractivity contribution >= 4 is 22.5 Å². The van der Waals surface area contributed by atoms with Gasteiger partial charge in [0.1, 0.15) is 11.6 Å². The van der Waals surface area contributed by atoms with Crippen LogP contribution in [-0.2, 0) is 11.2 Å². The maximum Gasteiger partial charge on any atom is 0.272 e. The summed E-state index contributed by atoms with van der Waals surface area (Å²) in [6, 6.07) is 11.7. The number of nitrogens with one attached hydrogen (secondary N) is 1. The van der Waals surface area contributed by atoms with Gasteiger partial charge in [-0.2, -0.15) is 5.10 Å². The smallest absolute Gasteiger partial charge is 0.272 e. The highest BCUT2D eigenvalue weighted by molar-refractivity contribution is 5.95. The number of likely N-dealkylation sites (tertiary alicyclic amines) is 1. The van der Waals surface area contributed by atoms with Gasteiger partial charge in [0.15, 0.2) is 0 Å². The Labute approximate surface area is 171 Å². The summed E-state index contributed by atoms with van der Waals surface area (Å²) in [4.78, 5) is 38.2. The van der Waals surface area contributed by atoms with Gasteiger partial charge in [0, 0.05) is 37.7 Å². The zero-order valence-corrected chi connectivity index (χ0v) is 16.2. The molecule has 1 saturated heterocycles. The van der Waals surface area contributed by atoms with Gasteiger partial charge < -0.3 is 4.90 Å². The van der Waals surface area contributed by atoms with Crippen LogP contribution in [0.25, 0.3) is 10.8 Å². The predicted octanol–water partition coefficient (Wildman–Crippen LogP) is 2.70. The van der Waals surface area contributed by atoms with E-state index in [1.807, 2.05) is 12.1 Å². The van der Waals surface area contributed by atoms with Crippen LogP contribution < -0.4 is 5.56 Å². The van der Waals surface area contributed by atoms with Crippen molar-refractivity contribution in [2.24, 2.45) is 11.8 Å². The van der Waals surface area contributed by atoms with Gasteiger partial charge in [-0.3, -0.25) is 14.4 Å². The lowest BCUT2D eigenvalue weighted by Gasteiger charge is -2.18. The van der Waals surface area contributed by atoms with E-state index in [1.165, 1.54) is 6.07 Å². The predicted molar refractivity (Wildman–Crippen MR) is 109 cm³/mol. The molecule has 2 heterocycles. The second-order valence-corrected chi connectivity index (χ2v) is 8.21. The Morgan fingerprint density at radius 3 is 2.50 bits per heavy atom. The standard InChI is InChI=1S/C23H20FN3O3/c24-20-6-5-13(8-21-17-3-1-2-4-18(17)22(29)26-25-21)7-19(20)23(30)27-11-14-9-16(28)10-15(14)12-27/h1-7,14-15H,8-12H2,(H,26,29)/t14-,15+. The average molecular weight is 405 g/mol. The molecule has 0 spiro atoms. The molecule has 152 valence electrons. The van der Waals surface area contributed by atoms with E-state index in [9.17, 15) is 18.8 Å². The quantitative estimate of drug-likeness (QED) is 0.726. The number of H-pyrrole nitrogens is 1. The maximum absolute atomic E-state index is 14.5. The summed E-state index contributed by atoms with van der Waals surface area (Å²) in [6.07, 6.45) is 1.39. The lowest BCUT2D eigenvalue weighted by molar-refractivity contribution is -0.117. The molecule has 1 aliphatic heterocycles. The maximum atomic E-state index is 14.5. The van der Waals surface area contributed by atoms with Crippen molar-refractivity contribution in [2.45, 2.75) is 19.3 Å². The number of fused-ring (bicyclic) bond motifs is 2. The van der Waals surface area contributed by atoms with Crippen LogP contribution in [0.5, 0.6) is 0 Å². The topological polar surface area (TPSA) is 83.1 Å². The van der Waals surface area contributed by atoms with E-state index in [1.54, 1.807) is 29.2 Å². The number of ketones is 1. The highest BCUT2D eigenvalue weighted by Crippen LogP contribution is 2.36. The van der Waals surface area contributed by atoms with Crippen LogP contribution in [0, 0.1) is 17.7 Å². The van der Waals surface area contributed by atoms with Crippen LogP contribution in [-0.4, -0.2) is 39.9 Å². The number of halogens is 1. The van der Waals surface area contributed by atoms with E-state index in [-0.39, 0.29) is 34.6 Å². The van der Waals surface area contributed by atoms with E-state index in [0.29, 0.717) is 43.4 Å². The van der Waals surface area contributed by atoms with Gasteiger partial charge in [0.25, 0.3) is 11.5 Å². The van der Waals surface area contributed by atoms with Crippen LogP contribution in [0.2, 0.25) is 0 Å². The van der Waals surface area contributed by atoms with Crippen LogP contribution in [0.4, 0.5) is 4.39 Å². The first-order valence-corrected chi connectivity index (χ1v) is 10.1. The first kappa shape index (κ1) is 18.7. The van der Waals surface area contributed by atoms with Crippen molar-refractivity contribution in [3.63, 3.8) is 0 Å². The number of hydrogen-bond donors (Lipinski definition) is 1. The zero-order valence-electron chi connectivity index (χ0n) is 16.2. The van der Waals surface area contributed by atoms with E-state index in [0.717, 1.165) is 10.9 Å². The number of Topliss-reactive ketones (excluding diaryl/α,β-unsaturated/α-hetero) is 1. The molecule has 2 atom stereocenters. The largest absolute Gasteiger partial charge is 0.338 e. The summed E-state index contributed by atoms with van der Waals surface area (Å²) < 4.78 is 14.5. The SMILES string of the molecule is O=C1C[C@@H]2CN(C(=O)c3cc(Cc4n[nH]c(=O)c5ccccc45)ccc3F)C[C@@H]2C1. The fourth-order valence-corrected chi connectivity index (χ4v) is 4.75. The van der Waals surface area contributed by atoms with Gasteiger partial charge in [-0.1, -0.05) is 24.3 Å². The van der Waals surface area contributed by atoms with Gasteiger partial charge >= 0.3 is 0 Å². The molecule has 30 heavy (non-hydrogen) atoms. The summed E-state index contributed by atoms with van der Waals surface area (Å²) in [6.45, 7) is 1.01. The summed E-state index contributed by atoms with van der Waals surface area (Å²) in [5.74, 6) is -0.244. The first-order valence-electron chi connectivity index (χ1n) is 10.1. The number of amides is 1. The Morgan fingerprint density at radius 2 is 1.77 bits per heavy atom. The summed E-state index contributed by atoms with van der Waals surface area (Å²) in [5, 5.41) is 7.94. The average Bonchev–Trinajstić information content (AvgIpc) is 3.28. The minimum Gasteiger partial charge on any atom is -0.338 e. The third-order valence-corrected chi connectivity index (χ3v) is 6.25. The van der Waals surface area contributed by atoms with Crippen molar-refractivity contribution in [1.29, 1.82) is 0 Å². The second kappa shape index (κ2) is 7.16. The Bertz CT molecular complexity index is 1220. The fraction of sp³-hybridized carbons (Fsp3) is 0.304.